The molecule has 64 heavy (non-hydrogen) atoms. The number of nitrogens with one attached hydrogen (secondary N) is 1. The number of amides is 1. The summed E-state index contributed by atoms with van der Waals surface area (Å²) in [4.78, 5) is 26.1. The molecule has 3 unspecified atom stereocenters. The average molecular weight is 884 g/mol. The number of aliphatic hydroxyl groups is 2. The quantitative estimate of drug-likeness (QED) is 0.0245. The third-order valence-electron chi connectivity index (χ3n) is 10.6. The van der Waals surface area contributed by atoms with Crippen LogP contribution in [0, 0.1) is 0 Å². The van der Waals surface area contributed by atoms with E-state index in [1.807, 2.05) is 54.7 Å². The summed E-state index contributed by atoms with van der Waals surface area (Å²) in [5.41, 5.74) is 0. The van der Waals surface area contributed by atoms with Crippen LogP contribution in [-0.4, -0.2) is 46.9 Å². The number of hydrogen-bond acceptors (Lipinski definition) is 5. The number of carbonyl (C=O) groups excluding carboxylic acids is 2. The highest BCUT2D eigenvalue weighted by atomic mass is 16.5. The monoisotopic (exact) mass is 884 g/mol. The van der Waals surface area contributed by atoms with Crippen molar-refractivity contribution in [3.63, 3.8) is 0 Å². The SMILES string of the molecule is CC/C=C\C/C=C\C/C=C\C/C=C\C/C=C\C/C=C\C(CC(=O)NC(CO)C(O)CCCCCCCCCCCCCCC)OC(=O)CCCCC/C=C/C=C\C=C/C=C/C=C/CC. The minimum absolute atomic E-state index is 0.0738. The summed E-state index contributed by atoms with van der Waals surface area (Å²) in [6, 6.07) is -0.761. The lowest BCUT2D eigenvalue weighted by Gasteiger charge is -2.23. The van der Waals surface area contributed by atoms with E-state index < -0.39 is 18.2 Å². The van der Waals surface area contributed by atoms with Crippen molar-refractivity contribution >= 4 is 11.9 Å². The molecule has 0 aliphatic carbocycles. The fraction of sp³-hybridized carbons (Fsp3) is 0.586. The molecule has 0 aromatic carbocycles. The van der Waals surface area contributed by atoms with E-state index in [1.165, 1.54) is 64.2 Å². The Morgan fingerprint density at radius 3 is 1.44 bits per heavy atom. The Morgan fingerprint density at radius 2 is 0.938 bits per heavy atom. The molecule has 0 saturated heterocycles. The van der Waals surface area contributed by atoms with Gasteiger partial charge in [0.2, 0.25) is 5.91 Å². The minimum atomic E-state index is -0.836. The summed E-state index contributed by atoms with van der Waals surface area (Å²) in [6.07, 6.45) is 71.1. The molecule has 0 radical (unpaired) electrons. The van der Waals surface area contributed by atoms with Gasteiger partial charge in [-0.1, -0.05) is 238 Å². The van der Waals surface area contributed by atoms with Crippen LogP contribution in [0.5, 0.6) is 0 Å². The van der Waals surface area contributed by atoms with Gasteiger partial charge < -0.3 is 20.3 Å². The van der Waals surface area contributed by atoms with Crippen LogP contribution in [-0.2, 0) is 14.3 Å². The lowest BCUT2D eigenvalue weighted by Crippen LogP contribution is -2.46. The fourth-order valence-electron chi connectivity index (χ4n) is 6.80. The third kappa shape index (κ3) is 44.6. The van der Waals surface area contributed by atoms with Crippen LogP contribution in [0.2, 0.25) is 0 Å². The number of rotatable bonds is 43. The molecule has 6 nitrogen and oxygen atoms in total. The molecule has 0 heterocycles. The van der Waals surface area contributed by atoms with Gasteiger partial charge in [-0.15, -0.1) is 0 Å². The lowest BCUT2D eigenvalue weighted by molar-refractivity contribution is -0.148. The van der Waals surface area contributed by atoms with Gasteiger partial charge in [0.25, 0.3) is 0 Å². The molecule has 1 amide bonds. The van der Waals surface area contributed by atoms with Crippen LogP contribution in [0.4, 0.5) is 0 Å². The van der Waals surface area contributed by atoms with Crippen molar-refractivity contribution in [3.05, 3.63) is 134 Å². The number of aliphatic hydroxyl groups excluding tert-OH is 2. The molecule has 360 valence electrons. The molecule has 0 aliphatic heterocycles. The standard InChI is InChI=1S/C58H93NO5/c1-4-7-10-13-16-19-22-25-27-28-30-32-34-37-40-43-46-49-54(64-58(63)51-48-45-42-39-36-33-29-26-23-20-17-14-11-8-5-2)52-57(62)59-55(53-60)56(61)50-47-44-41-38-35-31-24-21-18-15-12-9-6-3/h7-8,10-11,14,16-17,19-20,23,25-27,29-30,32-33,36-37,40,46,49,54-56,60-61H,4-6,9,12-13,15,18,21-22,24,28,31,34-35,38-39,41-45,47-48,50-53H2,1-3H3,(H,59,62)/b10-7-,11-8+,17-14+,19-16-,23-20-,27-25-,29-26-,32-30-,36-33+,40-37-,49-46-. The molecule has 6 heteroatoms. The first-order valence-electron chi connectivity index (χ1n) is 25.5. The van der Waals surface area contributed by atoms with Gasteiger partial charge in [-0.05, 0) is 76.7 Å². The molecular weight excluding hydrogens is 791 g/mol. The Morgan fingerprint density at radius 1 is 0.500 bits per heavy atom. The summed E-state index contributed by atoms with van der Waals surface area (Å²) >= 11 is 0. The van der Waals surface area contributed by atoms with E-state index in [4.69, 9.17) is 4.74 Å². The molecule has 0 aliphatic rings. The highest BCUT2D eigenvalue weighted by Crippen LogP contribution is 2.15. The molecular formula is C58H93NO5. The Labute approximate surface area is 393 Å². The molecule has 0 aromatic heterocycles. The summed E-state index contributed by atoms with van der Waals surface area (Å²) in [5, 5.41) is 23.7. The highest BCUT2D eigenvalue weighted by molar-refractivity contribution is 5.78. The molecule has 0 bridgehead atoms. The normalized spacial score (nSPS) is 14.4. The number of unbranched alkanes of at least 4 members (excludes halogenated alkanes) is 15. The maximum Gasteiger partial charge on any atom is 0.306 e. The molecule has 0 fully saturated rings. The minimum Gasteiger partial charge on any atom is -0.458 e. The number of allylic oxidation sites excluding steroid dienone is 21. The average Bonchev–Trinajstić information content (AvgIpc) is 3.29. The van der Waals surface area contributed by atoms with Gasteiger partial charge in [0.1, 0.15) is 6.10 Å². The van der Waals surface area contributed by atoms with E-state index in [1.54, 1.807) is 6.08 Å². The predicted octanol–water partition coefficient (Wildman–Crippen LogP) is 15.4. The van der Waals surface area contributed by atoms with Crippen LogP contribution in [0.1, 0.15) is 194 Å². The van der Waals surface area contributed by atoms with Gasteiger partial charge in [-0.3, -0.25) is 9.59 Å². The van der Waals surface area contributed by atoms with Gasteiger partial charge in [0.15, 0.2) is 0 Å². The molecule has 0 spiro atoms. The first kappa shape index (κ1) is 60.0. The Kier molecular flexibility index (Phi) is 46.9. The second kappa shape index (κ2) is 50.0. The van der Waals surface area contributed by atoms with Crippen LogP contribution in [0.15, 0.2) is 134 Å². The van der Waals surface area contributed by atoms with E-state index in [2.05, 4.69) is 99.0 Å². The highest BCUT2D eigenvalue weighted by Gasteiger charge is 2.23. The van der Waals surface area contributed by atoms with Crippen molar-refractivity contribution < 1.29 is 24.5 Å². The van der Waals surface area contributed by atoms with Crippen molar-refractivity contribution in [1.82, 2.24) is 5.32 Å². The van der Waals surface area contributed by atoms with E-state index in [9.17, 15) is 19.8 Å². The lowest BCUT2D eigenvalue weighted by atomic mass is 10.0. The zero-order valence-electron chi connectivity index (χ0n) is 40.9. The van der Waals surface area contributed by atoms with Crippen LogP contribution in [0.25, 0.3) is 0 Å². The van der Waals surface area contributed by atoms with Gasteiger partial charge in [-0.2, -0.15) is 0 Å². The number of hydrogen-bond donors (Lipinski definition) is 3. The van der Waals surface area contributed by atoms with E-state index >= 15 is 0 Å². The zero-order valence-corrected chi connectivity index (χ0v) is 40.9. The van der Waals surface area contributed by atoms with Gasteiger partial charge in [0, 0.05) is 6.42 Å². The van der Waals surface area contributed by atoms with Crippen molar-refractivity contribution in [1.29, 1.82) is 0 Å². The molecule has 3 N–H and O–H groups in total. The van der Waals surface area contributed by atoms with E-state index in [-0.39, 0.29) is 31.3 Å². The molecule has 0 rings (SSSR count). The Hall–Kier alpha value is -4.00. The topological polar surface area (TPSA) is 95.9 Å². The zero-order chi connectivity index (χ0) is 46.7. The third-order valence-corrected chi connectivity index (χ3v) is 10.6. The number of esters is 1. The van der Waals surface area contributed by atoms with Crippen LogP contribution >= 0.6 is 0 Å². The first-order chi connectivity index (χ1) is 31.5. The maximum atomic E-state index is 13.2. The van der Waals surface area contributed by atoms with Gasteiger partial charge >= 0.3 is 5.97 Å². The summed E-state index contributed by atoms with van der Waals surface area (Å²) in [7, 11) is 0. The Bertz CT molecular complexity index is 1410. The second-order valence-electron chi connectivity index (χ2n) is 16.6. The predicted molar refractivity (Wildman–Crippen MR) is 277 cm³/mol. The number of ether oxygens (including phenoxy) is 1. The van der Waals surface area contributed by atoms with E-state index in [0.29, 0.717) is 19.3 Å². The largest absolute Gasteiger partial charge is 0.458 e. The smallest absolute Gasteiger partial charge is 0.306 e. The Balaban J connectivity index is 4.89. The second-order valence-corrected chi connectivity index (χ2v) is 16.6. The van der Waals surface area contributed by atoms with Crippen molar-refractivity contribution in [2.75, 3.05) is 6.61 Å². The summed E-state index contributed by atoms with van der Waals surface area (Å²) in [5.74, 6) is -0.694. The number of carbonyl (C=O) groups is 2. The van der Waals surface area contributed by atoms with Gasteiger partial charge in [-0.25, -0.2) is 0 Å². The van der Waals surface area contributed by atoms with Crippen molar-refractivity contribution in [2.45, 2.75) is 212 Å². The maximum absolute atomic E-state index is 13.2. The molecule has 0 saturated carbocycles. The van der Waals surface area contributed by atoms with Crippen molar-refractivity contribution in [2.24, 2.45) is 0 Å². The van der Waals surface area contributed by atoms with Gasteiger partial charge in [0.05, 0.1) is 25.2 Å². The molecule has 3 atom stereocenters. The fourth-order valence-corrected chi connectivity index (χ4v) is 6.80. The first-order valence-corrected chi connectivity index (χ1v) is 25.5. The van der Waals surface area contributed by atoms with Crippen LogP contribution < -0.4 is 5.32 Å². The van der Waals surface area contributed by atoms with Crippen LogP contribution in [0.3, 0.4) is 0 Å². The molecule has 0 aromatic rings. The summed E-state index contributed by atoms with van der Waals surface area (Å²) < 4.78 is 5.80. The van der Waals surface area contributed by atoms with E-state index in [0.717, 1.165) is 77.0 Å². The summed E-state index contributed by atoms with van der Waals surface area (Å²) in [6.45, 7) is 6.16. The van der Waals surface area contributed by atoms with Crippen molar-refractivity contribution in [3.8, 4) is 0 Å².